The molecule has 0 aliphatic carbocycles. The average Bonchev–Trinajstić information content (AvgIpc) is 3.33. The lowest BCUT2D eigenvalue weighted by Crippen LogP contribution is -2.01. The van der Waals surface area contributed by atoms with Crippen LogP contribution in [-0.2, 0) is 6.42 Å². The number of nitrogens with zero attached hydrogens (tertiary/aromatic N) is 2. The zero-order valence-corrected chi connectivity index (χ0v) is 15.4. The Hall–Kier alpha value is -2.93. The Kier molecular flexibility index (Phi) is 4.77. The fourth-order valence-electron chi connectivity index (χ4n) is 3.03. The summed E-state index contributed by atoms with van der Waals surface area (Å²) >= 11 is 1.23. The van der Waals surface area contributed by atoms with Crippen LogP contribution in [0.4, 0.5) is 4.39 Å². The van der Waals surface area contributed by atoms with Gasteiger partial charge in [0.25, 0.3) is 0 Å². The number of thioether (sulfide) groups is 1. The Labute approximate surface area is 159 Å². The van der Waals surface area contributed by atoms with Gasteiger partial charge in [-0.2, -0.15) is 0 Å². The first-order chi connectivity index (χ1) is 13.2. The van der Waals surface area contributed by atoms with Gasteiger partial charge in [0, 0.05) is 22.7 Å². The first kappa shape index (κ1) is 17.5. The number of para-hydroxylation sites is 1. The Balaban J connectivity index is 1.50. The quantitative estimate of drug-likeness (QED) is 0.378. The average molecular weight is 380 g/mol. The molecule has 2 aromatic heterocycles. The summed E-state index contributed by atoms with van der Waals surface area (Å²) in [5.41, 5.74) is 3.21. The second kappa shape index (κ2) is 7.36. The Morgan fingerprint density at radius 2 is 2.04 bits per heavy atom. The van der Waals surface area contributed by atoms with Gasteiger partial charge in [-0.15, -0.1) is 5.10 Å². The number of aryl methyl sites for hydroxylation is 1. The Morgan fingerprint density at radius 3 is 2.85 bits per heavy atom. The third-order valence-corrected chi connectivity index (χ3v) is 5.26. The van der Waals surface area contributed by atoms with Crippen LogP contribution in [0.25, 0.3) is 22.3 Å². The zero-order chi connectivity index (χ0) is 18.8. The van der Waals surface area contributed by atoms with Gasteiger partial charge in [0.15, 0.2) is 11.6 Å². The summed E-state index contributed by atoms with van der Waals surface area (Å²) in [4.78, 5) is 20.1. The first-order valence-corrected chi connectivity index (χ1v) is 9.58. The standard InChI is InChI=1S/C20H17FN4OS/c1-2-12-6-5-8-13-15(10-22-18(12)13)17(26)11-27-20-23-19(24-25-20)14-7-3-4-9-16(14)21/h3-10,22H,2,11H2,1H3,(H,23,24,25). The van der Waals surface area contributed by atoms with Gasteiger partial charge in [-0.1, -0.05) is 49.0 Å². The van der Waals surface area contributed by atoms with E-state index >= 15 is 0 Å². The second-order valence-corrected chi connectivity index (χ2v) is 7.00. The largest absolute Gasteiger partial charge is 0.360 e. The van der Waals surface area contributed by atoms with Crippen molar-refractivity contribution >= 4 is 28.4 Å². The number of Topliss-reactive ketones (excluding diaryl/α,β-unsaturated/α-hetero) is 1. The van der Waals surface area contributed by atoms with Crippen LogP contribution in [-0.4, -0.2) is 31.7 Å². The number of carbonyl (C=O) groups excluding carboxylic acids is 1. The predicted octanol–water partition coefficient (Wildman–Crippen LogP) is 4.63. The highest BCUT2D eigenvalue weighted by atomic mass is 32.2. The molecule has 5 nitrogen and oxygen atoms in total. The van der Waals surface area contributed by atoms with Gasteiger partial charge in [0.1, 0.15) is 5.82 Å². The number of nitrogens with one attached hydrogen (secondary N) is 2. The van der Waals surface area contributed by atoms with E-state index in [0.717, 1.165) is 17.3 Å². The van der Waals surface area contributed by atoms with E-state index in [-0.39, 0.29) is 17.4 Å². The second-order valence-electron chi connectivity index (χ2n) is 6.05. The summed E-state index contributed by atoms with van der Waals surface area (Å²) in [6, 6.07) is 12.3. The van der Waals surface area contributed by atoms with E-state index in [1.807, 2.05) is 12.1 Å². The number of aromatic nitrogens is 4. The van der Waals surface area contributed by atoms with Gasteiger partial charge in [-0.25, -0.2) is 9.37 Å². The number of ketones is 1. The third-order valence-electron chi connectivity index (χ3n) is 4.41. The van der Waals surface area contributed by atoms with Gasteiger partial charge in [0.2, 0.25) is 5.16 Å². The van der Waals surface area contributed by atoms with Gasteiger partial charge >= 0.3 is 0 Å². The molecule has 136 valence electrons. The number of hydrogen-bond donors (Lipinski definition) is 2. The minimum Gasteiger partial charge on any atom is -0.360 e. The summed E-state index contributed by atoms with van der Waals surface area (Å²) in [6.07, 6.45) is 2.66. The van der Waals surface area contributed by atoms with E-state index in [1.54, 1.807) is 24.4 Å². The lowest BCUT2D eigenvalue weighted by atomic mass is 10.1. The molecule has 0 radical (unpaired) electrons. The molecule has 2 heterocycles. The SMILES string of the molecule is CCc1cccc2c(C(=O)CSc3n[nH]c(-c4ccccc4F)n3)c[nH]c12. The summed E-state index contributed by atoms with van der Waals surface area (Å²) < 4.78 is 13.8. The van der Waals surface area contributed by atoms with Crippen molar-refractivity contribution in [1.82, 2.24) is 20.2 Å². The van der Waals surface area contributed by atoms with Crippen LogP contribution < -0.4 is 0 Å². The molecule has 0 amide bonds. The van der Waals surface area contributed by atoms with Crippen LogP contribution in [0.1, 0.15) is 22.8 Å². The van der Waals surface area contributed by atoms with Gasteiger partial charge in [0.05, 0.1) is 11.3 Å². The summed E-state index contributed by atoms with van der Waals surface area (Å²) in [6.45, 7) is 2.09. The molecule has 2 aromatic carbocycles. The van der Waals surface area contributed by atoms with Crippen molar-refractivity contribution in [2.45, 2.75) is 18.5 Å². The lowest BCUT2D eigenvalue weighted by Gasteiger charge is -2.00. The van der Waals surface area contributed by atoms with E-state index in [4.69, 9.17) is 0 Å². The number of aromatic amines is 2. The minimum absolute atomic E-state index is 0.00301. The highest BCUT2D eigenvalue weighted by Gasteiger charge is 2.16. The monoisotopic (exact) mass is 380 g/mol. The van der Waals surface area contributed by atoms with E-state index in [0.29, 0.717) is 22.1 Å². The van der Waals surface area contributed by atoms with E-state index < -0.39 is 0 Å². The molecule has 0 saturated heterocycles. The molecule has 0 atom stereocenters. The molecule has 7 heteroatoms. The molecule has 4 aromatic rings. The van der Waals surface area contributed by atoms with Crippen molar-refractivity contribution in [2.24, 2.45) is 0 Å². The zero-order valence-electron chi connectivity index (χ0n) is 14.6. The molecular weight excluding hydrogens is 363 g/mol. The van der Waals surface area contributed by atoms with E-state index in [9.17, 15) is 9.18 Å². The topological polar surface area (TPSA) is 74.4 Å². The van der Waals surface area contributed by atoms with Crippen molar-refractivity contribution < 1.29 is 9.18 Å². The third kappa shape index (κ3) is 3.38. The minimum atomic E-state index is -0.369. The number of carbonyl (C=O) groups is 1. The van der Waals surface area contributed by atoms with Crippen molar-refractivity contribution in [1.29, 1.82) is 0 Å². The molecule has 2 N–H and O–H groups in total. The smallest absolute Gasteiger partial charge is 0.209 e. The van der Waals surface area contributed by atoms with E-state index in [1.165, 1.54) is 23.4 Å². The molecule has 0 aliphatic rings. The first-order valence-electron chi connectivity index (χ1n) is 8.59. The van der Waals surface area contributed by atoms with Crippen LogP contribution >= 0.6 is 11.8 Å². The van der Waals surface area contributed by atoms with Gasteiger partial charge in [-0.3, -0.25) is 9.89 Å². The van der Waals surface area contributed by atoms with Crippen molar-refractivity contribution in [3.05, 3.63) is 65.6 Å². The maximum absolute atomic E-state index is 13.8. The number of benzene rings is 2. The normalized spacial score (nSPS) is 11.2. The van der Waals surface area contributed by atoms with Crippen LogP contribution in [0.2, 0.25) is 0 Å². The molecule has 0 spiro atoms. The van der Waals surface area contributed by atoms with Crippen molar-refractivity contribution in [2.75, 3.05) is 5.75 Å². The molecule has 0 fully saturated rings. The predicted molar refractivity (Wildman–Crippen MR) is 105 cm³/mol. The fraction of sp³-hybridized carbons (Fsp3) is 0.150. The molecule has 0 aliphatic heterocycles. The molecule has 0 unspecified atom stereocenters. The summed E-state index contributed by atoms with van der Waals surface area (Å²) in [5.74, 6) is 0.184. The van der Waals surface area contributed by atoms with Crippen LogP contribution in [0.3, 0.4) is 0 Å². The summed E-state index contributed by atoms with van der Waals surface area (Å²) in [5, 5.41) is 8.15. The van der Waals surface area contributed by atoms with Crippen molar-refractivity contribution in [3.8, 4) is 11.4 Å². The molecule has 27 heavy (non-hydrogen) atoms. The number of hydrogen-bond acceptors (Lipinski definition) is 4. The summed E-state index contributed by atoms with van der Waals surface area (Å²) in [7, 11) is 0. The van der Waals surface area contributed by atoms with E-state index in [2.05, 4.69) is 33.2 Å². The van der Waals surface area contributed by atoms with Gasteiger partial charge < -0.3 is 4.98 Å². The van der Waals surface area contributed by atoms with Crippen molar-refractivity contribution in [3.63, 3.8) is 0 Å². The number of H-pyrrole nitrogens is 2. The number of rotatable bonds is 6. The maximum atomic E-state index is 13.8. The highest BCUT2D eigenvalue weighted by molar-refractivity contribution is 7.99. The lowest BCUT2D eigenvalue weighted by molar-refractivity contribution is 0.102. The maximum Gasteiger partial charge on any atom is 0.209 e. The van der Waals surface area contributed by atoms with Crippen LogP contribution in [0, 0.1) is 5.82 Å². The molecular formula is C20H17FN4OS. The molecule has 0 bridgehead atoms. The van der Waals surface area contributed by atoms with Crippen LogP contribution in [0.5, 0.6) is 0 Å². The molecule has 0 saturated carbocycles. The highest BCUT2D eigenvalue weighted by Crippen LogP contribution is 2.25. The number of fused-ring (bicyclic) bond motifs is 1. The Bertz CT molecular complexity index is 1120. The fourth-order valence-corrected chi connectivity index (χ4v) is 3.72. The number of halogens is 1. The van der Waals surface area contributed by atoms with Crippen LogP contribution in [0.15, 0.2) is 53.8 Å². The van der Waals surface area contributed by atoms with Gasteiger partial charge in [-0.05, 0) is 24.1 Å². The molecule has 4 rings (SSSR count). The Morgan fingerprint density at radius 1 is 1.19 bits per heavy atom.